The molecule has 0 aliphatic carbocycles. The smallest absolute Gasteiger partial charge is 0.308 e. The molecule has 0 aliphatic rings. The number of pyridine rings is 1. The number of methoxy groups -OCH3 is 2. The summed E-state index contributed by atoms with van der Waals surface area (Å²) in [6.45, 7) is 6.73. The van der Waals surface area contributed by atoms with Crippen LogP contribution in [0.15, 0.2) is 54.6 Å². The number of hydrogen-bond donors (Lipinski definition) is 5. The summed E-state index contributed by atoms with van der Waals surface area (Å²) in [6, 6.07) is 6.07. The summed E-state index contributed by atoms with van der Waals surface area (Å²) >= 11 is 0. The third-order valence-corrected chi connectivity index (χ3v) is 8.88. The van der Waals surface area contributed by atoms with Crippen molar-refractivity contribution >= 4 is 58.2 Å². The highest BCUT2D eigenvalue weighted by Gasteiger charge is 2.35. The molecule has 1 unspecified atom stereocenters. The molecule has 5 atom stereocenters. The number of rotatable bonds is 20. The molecule has 0 spiro atoms. The minimum atomic E-state index is -1.60. The van der Waals surface area contributed by atoms with Crippen LogP contribution >= 0.6 is 0 Å². The van der Waals surface area contributed by atoms with Gasteiger partial charge in [0.15, 0.2) is 23.2 Å². The molecule has 59 heavy (non-hydrogen) atoms. The Morgan fingerprint density at radius 3 is 1.75 bits per heavy atom. The zero-order valence-corrected chi connectivity index (χ0v) is 33.6. The van der Waals surface area contributed by atoms with E-state index in [1.165, 1.54) is 13.0 Å². The predicted octanol–water partition coefficient (Wildman–Crippen LogP) is 1.66. The zero-order chi connectivity index (χ0) is 44.0. The van der Waals surface area contributed by atoms with Gasteiger partial charge in [-0.3, -0.25) is 38.4 Å². The molecule has 5 amide bonds. The first-order chi connectivity index (χ1) is 27.9. The van der Waals surface area contributed by atoms with Crippen LogP contribution in [0.4, 0.5) is 8.78 Å². The highest BCUT2D eigenvalue weighted by molar-refractivity contribution is 6.00. The Labute approximate surface area is 338 Å². The van der Waals surface area contributed by atoms with E-state index in [4.69, 9.17) is 9.47 Å². The van der Waals surface area contributed by atoms with Crippen molar-refractivity contribution < 1.29 is 61.3 Å². The van der Waals surface area contributed by atoms with Crippen LogP contribution < -0.4 is 31.3 Å². The third-order valence-electron chi connectivity index (χ3n) is 8.88. The summed E-state index contributed by atoms with van der Waals surface area (Å²) in [7, 11) is 2.11. The molecule has 19 heteroatoms. The van der Waals surface area contributed by atoms with E-state index in [-0.39, 0.29) is 5.69 Å². The molecule has 1 aromatic heterocycles. The van der Waals surface area contributed by atoms with Crippen molar-refractivity contribution in [1.82, 2.24) is 31.6 Å². The standard InChI is InChI=1S/C40H48F2N6O11/c1-20(2)33(39(55)43-22(5)36(52)45-28(17-31(50)57-6)30(49)19-59-35-24(41)12-10-13-25(35)42)48-38(54)29(18-32(51)58-7)46-40(56)34(21(3)4)47-37(53)27-16-15-23-11-8-9-14-26(23)44-27/h8-16,20-22,28-29,33-34H,17-19H2,1-7H3,(H,43,55)(H,45,52)(H,46,56)(H,47,53)(H,48,54)/t22-,28?,29-,33-,34-/m0/s1. The number of carbonyl (C=O) groups is 8. The number of ether oxygens (including phenoxy) is 3. The lowest BCUT2D eigenvalue weighted by molar-refractivity contribution is -0.144. The van der Waals surface area contributed by atoms with Crippen LogP contribution in [-0.4, -0.2) is 103 Å². The summed E-state index contributed by atoms with van der Waals surface area (Å²) in [5.74, 6) is -11.2. The van der Waals surface area contributed by atoms with E-state index in [0.717, 1.165) is 37.8 Å². The van der Waals surface area contributed by atoms with E-state index < -0.39 is 126 Å². The maximum Gasteiger partial charge on any atom is 0.308 e. The number of nitrogens with zero attached hydrogens (tertiary/aromatic N) is 1. The molecule has 5 N–H and O–H groups in total. The van der Waals surface area contributed by atoms with Crippen LogP contribution in [0.2, 0.25) is 0 Å². The second-order valence-electron chi connectivity index (χ2n) is 14.0. The fraction of sp³-hybridized carbons (Fsp3) is 0.425. The molecule has 3 rings (SSSR count). The van der Waals surface area contributed by atoms with Gasteiger partial charge in [0.2, 0.25) is 23.6 Å². The van der Waals surface area contributed by atoms with Gasteiger partial charge in [-0.05, 0) is 43.0 Å². The first kappa shape index (κ1) is 46.8. The SMILES string of the molecule is COC(=O)CC(NC(=O)[C@H](C)NC(=O)[C@@H](NC(=O)[C@H](CC(=O)OC)NC(=O)[C@@H](NC(=O)c1ccc2ccccc2n1)C(C)C)C(C)C)C(=O)COc1c(F)cccc1F. The molecule has 17 nitrogen and oxygen atoms in total. The van der Waals surface area contributed by atoms with Crippen LogP contribution in [0.3, 0.4) is 0 Å². The molecule has 0 bridgehead atoms. The number of hydrogen-bond acceptors (Lipinski definition) is 12. The maximum absolute atomic E-state index is 14.0. The monoisotopic (exact) mass is 826 g/mol. The number of nitrogens with one attached hydrogen (secondary N) is 5. The highest BCUT2D eigenvalue weighted by Crippen LogP contribution is 2.21. The maximum atomic E-state index is 14.0. The van der Waals surface area contributed by atoms with E-state index in [9.17, 15) is 47.1 Å². The van der Waals surface area contributed by atoms with E-state index in [1.54, 1.807) is 45.9 Å². The zero-order valence-electron chi connectivity index (χ0n) is 33.6. The van der Waals surface area contributed by atoms with Crippen LogP contribution in [0.1, 0.15) is 57.9 Å². The largest absolute Gasteiger partial charge is 0.480 e. The Kier molecular flexibility index (Phi) is 17.3. The lowest BCUT2D eigenvalue weighted by atomic mass is 10.0. The first-order valence-corrected chi connectivity index (χ1v) is 18.5. The molecular weight excluding hydrogens is 778 g/mol. The Bertz CT molecular complexity index is 2030. The van der Waals surface area contributed by atoms with Gasteiger partial charge in [-0.25, -0.2) is 13.8 Å². The van der Waals surface area contributed by atoms with Gasteiger partial charge in [-0.1, -0.05) is 58.0 Å². The molecule has 2 aromatic carbocycles. The molecule has 0 aliphatic heterocycles. The lowest BCUT2D eigenvalue weighted by Gasteiger charge is -2.28. The minimum Gasteiger partial charge on any atom is -0.480 e. The molecule has 0 saturated carbocycles. The second-order valence-corrected chi connectivity index (χ2v) is 14.0. The minimum absolute atomic E-state index is 0.0377. The van der Waals surface area contributed by atoms with Crippen LogP contribution in [0.5, 0.6) is 5.75 Å². The fourth-order valence-corrected chi connectivity index (χ4v) is 5.48. The molecule has 0 fully saturated rings. The Hall–Kier alpha value is -6.53. The number of carbonyl (C=O) groups excluding carboxylic acids is 8. The van der Waals surface area contributed by atoms with Gasteiger partial charge in [0, 0.05) is 5.39 Å². The van der Waals surface area contributed by atoms with E-state index in [2.05, 4.69) is 36.3 Å². The second kappa shape index (κ2) is 21.8. The van der Waals surface area contributed by atoms with Gasteiger partial charge in [0.1, 0.15) is 42.5 Å². The summed E-state index contributed by atoms with van der Waals surface area (Å²) in [4.78, 5) is 109. The average molecular weight is 827 g/mol. The Morgan fingerprint density at radius 2 is 1.15 bits per heavy atom. The van der Waals surface area contributed by atoms with Crippen molar-refractivity contribution in [1.29, 1.82) is 0 Å². The number of halogens is 2. The predicted molar refractivity (Wildman–Crippen MR) is 206 cm³/mol. The number of benzene rings is 2. The van der Waals surface area contributed by atoms with Gasteiger partial charge >= 0.3 is 11.9 Å². The lowest BCUT2D eigenvalue weighted by Crippen LogP contribution is -2.60. The number of Topliss-reactive ketones (excluding diaryl/α,β-unsaturated/α-hetero) is 1. The number of fused-ring (bicyclic) bond motifs is 1. The first-order valence-electron chi connectivity index (χ1n) is 18.5. The number of amides is 5. The van der Waals surface area contributed by atoms with Crippen LogP contribution in [0.25, 0.3) is 10.9 Å². The van der Waals surface area contributed by atoms with E-state index in [1.807, 2.05) is 12.1 Å². The number of esters is 2. The quantitative estimate of drug-likeness (QED) is 0.102. The average Bonchev–Trinajstić information content (AvgIpc) is 3.19. The summed E-state index contributed by atoms with van der Waals surface area (Å²) in [5.41, 5.74) is 0.593. The van der Waals surface area contributed by atoms with Crippen molar-refractivity contribution in [3.05, 3.63) is 71.9 Å². The number of ketones is 1. The van der Waals surface area contributed by atoms with Crippen LogP contribution in [0, 0.1) is 23.5 Å². The molecule has 0 radical (unpaired) electrons. The van der Waals surface area contributed by atoms with Crippen molar-refractivity contribution in [3.63, 3.8) is 0 Å². The Morgan fingerprint density at radius 1 is 0.610 bits per heavy atom. The molecule has 318 valence electrons. The summed E-state index contributed by atoms with van der Waals surface area (Å²) in [5, 5.41) is 13.1. The van der Waals surface area contributed by atoms with Gasteiger partial charge in [0.05, 0.1) is 32.6 Å². The van der Waals surface area contributed by atoms with Gasteiger partial charge < -0.3 is 40.8 Å². The normalized spacial score (nSPS) is 13.5. The molecule has 3 aromatic rings. The van der Waals surface area contributed by atoms with Crippen molar-refractivity contribution in [2.24, 2.45) is 11.8 Å². The molecular formula is C40H48F2N6O11. The van der Waals surface area contributed by atoms with Crippen molar-refractivity contribution in [2.75, 3.05) is 20.8 Å². The molecule has 1 heterocycles. The summed E-state index contributed by atoms with van der Waals surface area (Å²) < 4.78 is 42.4. The number of aromatic nitrogens is 1. The molecule has 0 saturated heterocycles. The van der Waals surface area contributed by atoms with Crippen LogP contribution in [-0.2, 0) is 43.0 Å². The Balaban J connectivity index is 1.71. The van der Waals surface area contributed by atoms with Gasteiger partial charge in [-0.15, -0.1) is 0 Å². The van der Waals surface area contributed by atoms with Crippen molar-refractivity contribution in [2.45, 2.75) is 77.7 Å². The fourth-order valence-electron chi connectivity index (χ4n) is 5.48. The van der Waals surface area contributed by atoms with Gasteiger partial charge in [-0.2, -0.15) is 0 Å². The van der Waals surface area contributed by atoms with Crippen molar-refractivity contribution in [3.8, 4) is 5.75 Å². The number of para-hydroxylation sites is 2. The van der Waals surface area contributed by atoms with Gasteiger partial charge in [0.25, 0.3) is 5.91 Å². The van der Waals surface area contributed by atoms with E-state index in [0.29, 0.717) is 5.52 Å². The third kappa shape index (κ3) is 13.5. The highest BCUT2D eigenvalue weighted by atomic mass is 19.1. The van der Waals surface area contributed by atoms with E-state index >= 15 is 0 Å². The summed E-state index contributed by atoms with van der Waals surface area (Å²) in [6.07, 6.45) is -1.35. The topological polar surface area (TPSA) is 237 Å².